The molecule has 0 fully saturated rings. The van der Waals surface area contributed by atoms with Gasteiger partial charge in [-0.05, 0) is 31.5 Å². The summed E-state index contributed by atoms with van der Waals surface area (Å²) < 4.78 is 5.44. The van der Waals surface area contributed by atoms with Crippen molar-refractivity contribution in [2.75, 3.05) is 0 Å². The van der Waals surface area contributed by atoms with E-state index in [0.29, 0.717) is 5.56 Å². The molecule has 2 rings (SSSR count). The highest BCUT2D eigenvalue weighted by Crippen LogP contribution is 2.18. The summed E-state index contributed by atoms with van der Waals surface area (Å²) in [4.78, 5) is 12.0. The summed E-state index contributed by atoms with van der Waals surface area (Å²) in [5.74, 6) is -0.282. The lowest BCUT2D eigenvalue weighted by Crippen LogP contribution is -2.09. The van der Waals surface area contributed by atoms with Gasteiger partial charge in [-0.1, -0.05) is 48.0 Å². The van der Waals surface area contributed by atoms with Gasteiger partial charge in [-0.15, -0.1) is 0 Å². The average Bonchev–Trinajstić information content (AvgIpc) is 2.39. The summed E-state index contributed by atoms with van der Waals surface area (Å²) in [6.45, 7) is 3.83. The summed E-state index contributed by atoms with van der Waals surface area (Å²) in [6, 6.07) is 17.1. The molecule has 0 aliphatic rings. The molecule has 1 atom stereocenters. The van der Waals surface area contributed by atoms with Gasteiger partial charge < -0.3 is 4.74 Å². The monoisotopic (exact) mass is 240 g/mol. The molecule has 0 saturated carbocycles. The van der Waals surface area contributed by atoms with Crippen molar-refractivity contribution in [3.8, 4) is 0 Å². The number of esters is 1. The Labute approximate surface area is 107 Å². The lowest BCUT2D eigenvalue weighted by Gasteiger charge is -2.13. The van der Waals surface area contributed by atoms with Crippen LogP contribution in [-0.4, -0.2) is 5.97 Å². The van der Waals surface area contributed by atoms with Gasteiger partial charge >= 0.3 is 5.97 Å². The molecule has 0 saturated heterocycles. The van der Waals surface area contributed by atoms with Crippen LogP contribution in [0.1, 0.15) is 34.5 Å². The van der Waals surface area contributed by atoms with Gasteiger partial charge in [-0.2, -0.15) is 0 Å². The second-order valence-corrected chi connectivity index (χ2v) is 4.33. The molecule has 0 aromatic heterocycles. The molecule has 0 radical (unpaired) electrons. The topological polar surface area (TPSA) is 26.3 Å². The average molecular weight is 240 g/mol. The molecule has 0 heterocycles. The molecule has 0 spiro atoms. The van der Waals surface area contributed by atoms with Gasteiger partial charge in [-0.25, -0.2) is 4.79 Å². The first kappa shape index (κ1) is 12.4. The van der Waals surface area contributed by atoms with Crippen LogP contribution in [-0.2, 0) is 4.74 Å². The third-order valence-corrected chi connectivity index (χ3v) is 2.81. The first-order valence-electron chi connectivity index (χ1n) is 5.99. The van der Waals surface area contributed by atoms with E-state index >= 15 is 0 Å². The van der Waals surface area contributed by atoms with E-state index in [-0.39, 0.29) is 12.1 Å². The molecule has 2 nitrogen and oxygen atoms in total. The lowest BCUT2D eigenvalue weighted by molar-refractivity contribution is 0.0338. The number of hydrogen-bond acceptors (Lipinski definition) is 2. The largest absolute Gasteiger partial charge is 0.454 e. The van der Waals surface area contributed by atoms with Crippen LogP contribution >= 0.6 is 0 Å². The number of benzene rings is 2. The maximum absolute atomic E-state index is 12.0. The highest BCUT2D eigenvalue weighted by molar-refractivity contribution is 5.89. The fourth-order valence-electron chi connectivity index (χ4n) is 1.79. The molecule has 2 heteroatoms. The van der Waals surface area contributed by atoms with E-state index in [1.807, 2.05) is 62.4 Å². The molecular formula is C16H16O2. The molecule has 1 unspecified atom stereocenters. The number of aryl methyl sites for hydroxylation is 1. The lowest BCUT2D eigenvalue weighted by atomic mass is 10.1. The van der Waals surface area contributed by atoms with E-state index in [0.717, 1.165) is 11.1 Å². The van der Waals surface area contributed by atoms with Crippen LogP contribution in [0.2, 0.25) is 0 Å². The predicted octanol–water partition coefficient (Wildman–Crippen LogP) is 3.91. The summed E-state index contributed by atoms with van der Waals surface area (Å²) in [5.41, 5.74) is 2.65. The van der Waals surface area contributed by atoms with Crippen LogP contribution in [0.5, 0.6) is 0 Å². The number of hydrogen-bond donors (Lipinski definition) is 0. The smallest absolute Gasteiger partial charge is 0.338 e. The van der Waals surface area contributed by atoms with Crippen LogP contribution in [0.4, 0.5) is 0 Å². The number of ether oxygens (including phenoxy) is 1. The standard InChI is InChI=1S/C16H16O2/c1-12-7-6-10-15(11-12)16(17)18-13(2)14-8-4-3-5-9-14/h3-11,13H,1-2H3. The molecular weight excluding hydrogens is 224 g/mol. The number of rotatable bonds is 3. The third-order valence-electron chi connectivity index (χ3n) is 2.81. The van der Waals surface area contributed by atoms with Crippen LogP contribution in [0.25, 0.3) is 0 Å². The van der Waals surface area contributed by atoms with Crippen LogP contribution in [0.15, 0.2) is 54.6 Å². The van der Waals surface area contributed by atoms with Crippen molar-refractivity contribution < 1.29 is 9.53 Å². The van der Waals surface area contributed by atoms with Gasteiger partial charge in [0, 0.05) is 0 Å². The van der Waals surface area contributed by atoms with Crippen molar-refractivity contribution in [3.05, 3.63) is 71.3 Å². The Balaban J connectivity index is 2.08. The van der Waals surface area contributed by atoms with Crippen LogP contribution in [0.3, 0.4) is 0 Å². The number of carbonyl (C=O) groups is 1. The van der Waals surface area contributed by atoms with E-state index in [2.05, 4.69) is 0 Å². The molecule has 0 N–H and O–H groups in total. The fraction of sp³-hybridized carbons (Fsp3) is 0.188. The van der Waals surface area contributed by atoms with Gasteiger partial charge in [0.25, 0.3) is 0 Å². The van der Waals surface area contributed by atoms with Crippen molar-refractivity contribution in [2.24, 2.45) is 0 Å². The second kappa shape index (κ2) is 5.50. The van der Waals surface area contributed by atoms with Gasteiger partial charge in [0.15, 0.2) is 0 Å². The van der Waals surface area contributed by atoms with Crippen molar-refractivity contribution in [2.45, 2.75) is 20.0 Å². The van der Waals surface area contributed by atoms with E-state index in [4.69, 9.17) is 4.74 Å². The van der Waals surface area contributed by atoms with Crippen molar-refractivity contribution in [1.29, 1.82) is 0 Å². The minimum atomic E-state index is -0.282. The quantitative estimate of drug-likeness (QED) is 0.760. The summed E-state index contributed by atoms with van der Waals surface area (Å²) in [6.07, 6.45) is -0.237. The minimum absolute atomic E-state index is 0.237. The van der Waals surface area contributed by atoms with Gasteiger partial charge in [-0.3, -0.25) is 0 Å². The maximum Gasteiger partial charge on any atom is 0.338 e. The molecule has 2 aromatic carbocycles. The Bertz CT molecular complexity index is 532. The van der Waals surface area contributed by atoms with Crippen LogP contribution < -0.4 is 0 Å². The highest BCUT2D eigenvalue weighted by Gasteiger charge is 2.13. The summed E-state index contributed by atoms with van der Waals surface area (Å²) in [5, 5.41) is 0. The molecule has 92 valence electrons. The summed E-state index contributed by atoms with van der Waals surface area (Å²) >= 11 is 0. The second-order valence-electron chi connectivity index (χ2n) is 4.33. The Morgan fingerprint density at radius 2 is 1.78 bits per heavy atom. The fourth-order valence-corrected chi connectivity index (χ4v) is 1.79. The Kier molecular flexibility index (Phi) is 3.78. The molecule has 0 aliphatic heterocycles. The SMILES string of the molecule is Cc1cccc(C(=O)OC(C)c2ccccc2)c1. The van der Waals surface area contributed by atoms with Crippen molar-refractivity contribution >= 4 is 5.97 Å². The first-order chi connectivity index (χ1) is 8.66. The Hall–Kier alpha value is -2.09. The normalized spacial score (nSPS) is 11.9. The van der Waals surface area contributed by atoms with Crippen molar-refractivity contribution in [3.63, 3.8) is 0 Å². The van der Waals surface area contributed by atoms with Gasteiger partial charge in [0.05, 0.1) is 5.56 Å². The Morgan fingerprint density at radius 1 is 1.06 bits per heavy atom. The van der Waals surface area contributed by atoms with Crippen molar-refractivity contribution in [1.82, 2.24) is 0 Å². The van der Waals surface area contributed by atoms with Gasteiger partial charge in [0.1, 0.15) is 6.10 Å². The van der Waals surface area contributed by atoms with E-state index in [1.54, 1.807) is 6.07 Å². The molecule has 0 bridgehead atoms. The van der Waals surface area contributed by atoms with E-state index < -0.39 is 0 Å². The number of carbonyl (C=O) groups excluding carboxylic acids is 1. The van der Waals surface area contributed by atoms with E-state index in [1.165, 1.54) is 0 Å². The minimum Gasteiger partial charge on any atom is -0.454 e. The predicted molar refractivity (Wildman–Crippen MR) is 71.5 cm³/mol. The molecule has 0 aliphatic carbocycles. The van der Waals surface area contributed by atoms with Gasteiger partial charge in [0.2, 0.25) is 0 Å². The van der Waals surface area contributed by atoms with E-state index in [9.17, 15) is 4.79 Å². The zero-order valence-corrected chi connectivity index (χ0v) is 10.6. The molecule has 0 amide bonds. The first-order valence-corrected chi connectivity index (χ1v) is 5.99. The zero-order chi connectivity index (χ0) is 13.0. The maximum atomic E-state index is 12.0. The summed E-state index contributed by atoms with van der Waals surface area (Å²) in [7, 11) is 0. The molecule has 2 aromatic rings. The Morgan fingerprint density at radius 3 is 2.44 bits per heavy atom. The third kappa shape index (κ3) is 2.98. The van der Waals surface area contributed by atoms with Crippen LogP contribution in [0, 0.1) is 6.92 Å². The highest BCUT2D eigenvalue weighted by atomic mass is 16.5. The molecule has 18 heavy (non-hydrogen) atoms. The zero-order valence-electron chi connectivity index (χ0n) is 10.6.